The number of carbonyl (C=O) groups excluding carboxylic acids is 2. The van der Waals surface area contributed by atoms with Gasteiger partial charge in [0.2, 0.25) is 5.95 Å². The number of rotatable bonds is 4. The van der Waals surface area contributed by atoms with Crippen LogP contribution in [0, 0.1) is 0 Å². The van der Waals surface area contributed by atoms with E-state index < -0.39 is 22.7 Å². The van der Waals surface area contributed by atoms with Crippen LogP contribution in [-0.2, 0) is 23.9 Å². The fourth-order valence-electron chi connectivity index (χ4n) is 6.24. The maximum atomic E-state index is 14.0. The van der Waals surface area contributed by atoms with Crippen molar-refractivity contribution >= 4 is 29.4 Å². The number of fused-ring (bicyclic) bond motifs is 3. The van der Waals surface area contributed by atoms with Gasteiger partial charge < -0.3 is 19.4 Å². The van der Waals surface area contributed by atoms with Gasteiger partial charge in [0.1, 0.15) is 5.69 Å². The van der Waals surface area contributed by atoms with Crippen LogP contribution in [0.5, 0.6) is 0 Å². The summed E-state index contributed by atoms with van der Waals surface area (Å²) in [7, 11) is 0. The van der Waals surface area contributed by atoms with Crippen molar-refractivity contribution in [1.29, 1.82) is 0 Å². The molecule has 5 heterocycles. The van der Waals surface area contributed by atoms with E-state index >= 15 is 0 Å². The van der Waals surface area contributed by atoms with Crippen LogP contribution in [0.15, 0.2) is 30.6 Å². The first-order chi connectivity index (χ1) is 20.8. The highest BCUT2D eigenvalue weighted by Crippen LogP contribution is 2.37. The van der Waals surface area contributed by atoms with Crippen molar-refractivity contribution < 1.29 is 27.5 Å². The lowest BCUT2D eigenvalue weighted by molar-refractivity contribution is -0.137. The maximum absolute atomic E-state index is 14.0. The lowest BCUT2D eigenvalue weighted by Crippen LogP contribution is -2.46. The number of morpholine rings is 1. The average molecular weight is 632 g/mol. The molecule has 3 aliphatic rings. The smallest absolute Gasteiger partial charge is 0.377 e. The molecule has 14 heteroatoms. The Morgan fingerprint density at radius 3 is 2.52 bits per heavy atom. The number of halogens is 4. The fraction of sp³-hybridized carbons (Fsp3) is 0.500. The summed E-state index contributed by atoms with van der Waals surface area (Å²) in [5.74, 6) is -0.189. The normalized spacial score (nSPS) is 23.0. The third kappa shape index (κ3) is 5.29. The number of hydrogen-bond acceptors (Lipinski definition) is 7. The Bertz CT molecular complexity index is 1600. The zero-order valence-electron chi connectivity index (χ0n) is 24.8. The van der Waals surface area contributed by atoms with Crippen molar-refractivity contribution in [3.8, 4) is 0 Å². The number of carbonyl (C=O) groups is 2. The van der Waals surface area contributed by atoms with Gasteiger partial charge in [-0.05, 0) is 45.9 Å². The van der Waals surface area contributed by atoms with Gasteiger partial charge in [0.05, 0.1) is 54.2 Å². The summed E-state index contributed by atoms with van der Waals surface area (Å²) in [6.45, 7) is 10.2. The Balaban J connectivity index is 1.26. The number of amides is 2. The number of benzene rings is 1. The first-order valence-electron chi connectivity index (χ1n) is 14.6. The Hall–Kier alpha value is -3.71. The van der Waals surface area contributed by atoms with Crippen LogP contribution in [0.25, 0.3) is 0 Å². The quantitative estimate of drug-likeness (QED) is 0.403. The van der Waals surface area contributed by atoms with E-state index in [-0.39, 0.29) is 42.2 Å². The molecule has 0 saturated carbocycles. The van der Waals surface area contributed by atoms with Crippen LogP contribution >= 0.6 is 11.6 Å². The average Bonchev–Trinajstić information content (AvgIpc) is 3.37. The minimum Gasteiger partial charge on any atom is -0.377 e. The Kier molecular flexibility index (Phi) is 7.81. The van der Waals surface area contributed by atoms with Crippen LogP contribution in [0.1, 0.15) is 83.0 Å². The van der Waals surface area contributed by atoms with Crippen LogP contribution < -0.4 is 4.90 Å². The lowest BCUT2D eigenvalue weighted by atomic mass is 9.96. The van der Waals surface area contributed by atoms with E-state index in [1.165, 1.54) is 11.0 Å². The summed E-state index contributed by atoms with van der Waals surface area (Å²) in [6.07, 6.45) is -0.838. The summed E-state index contributed by atoms with van der Waals surface area (Å²) in [5.41, 5.74) is 1.31. The van der Waals surface area contributed by atoms with Gasteiger partial charge >= 0.3 is 6.18 Å². The van der Waals surface area contributed by atoms with Gasteiger partial charge in [-0.1, -0.05) is 11.6 Å². The molecule has 0 aliphatic carbocycles. The molecule has 3 aliphatic heterocycles. The molecule has 4 atom stereocenters. The molecule has 0 bridgehead atoms. The van der Waals surface area contributed by atoms with Gasteiger partial charge in [0, 0.05) is 54.6 Å². The molecule has 0 unspecified atom stereocenters. The number of nitrogens with zero attached hydrogens (tertiary/aromatic N) is 7. The zero-order valence-corrected chi connectivity index (χ0v) is 25.6. The van der Waals surface area contributed by atoms with Crippen LogP contribution in [-0.4, -0.2) is 79.7 Å². The third-order valence-electron chi connectivity index (χ3n) is 8.80. The monoisotopic (exact) mass is 631 g/mol. The van der Waals surface area contributed by atoms with Crippen molar-refractivity contribution in [2.75, 3.05) is 31.2 Å². The Morgan fingerprint density at radius 2 is 1.84 bits per heavy atom. The van der Waals surface area contributed by atoms with Gasteiger partial charge in [0.25, 0.3) is 11.8 Å². The van der Waals surface area contributed by atoms with E-state index in [4.69, 9.17) is 21.4 Å². The molecule has 44 heavy (non-hydrogen) atoms. The summed E-state index contributed by atoms with van der Waals surface area (Å²) in [6, 6.07) is 2.49. The predicted octanol–water partition coefficient (Wildman–Crippen LogP) is 4.94. The minimum atomic E-state index is -4.70. The topological polar surface area (TPSA) is 96.7 Å². The van der Waals surface area contributed by atoms with E-state index in [1.807, 2.05) is 20.8 Å². The molecule has 10 nitrogen and oxygen atoms in total. The molecule has 1 saturated heterocycles. The molecule has 0 N–H and O–H groups in total. The van der Waals surface area contributed by atoms with Crippen molar-refractivity contribution in [1.82, 2.24) is 29.5 Å². The molecule has 2 amide bonds. The molecule has 1 aromatic carbocycles. The van der Waals surface area contributed by atoms with Gasteiger partial charge in [-0.2, -0.15) is 18.3 Å². The largest absolute Gasteiger partial charge is 0.417 e. The zero-order chi connectivity index (χ0) is 31.5. The Morgan fingerprint density at radius 1 is 1.11 bits per heavy atom. The molecule has 6 rings (SSSR count). The van der Waals surface area contributed by atoms with Crippen LogP contribution in [0.2, 0.25) is 5.02 Å². The third-order valence-corrected chi connectivity index (χ3v) is 9.12. The standard InChI is InChI=1S/C30H33ClF3N7O3/c1-16-9-25-22(14-39(16)27(42)20-5-6-24(31)23(10-20)30(32,33)34)26-28(43)40(13-17(2)41(26)37-25)19(4)21-11-35-29(36-12-21)38-7-8-44-15-18(38)3/h5-6,10-12,16-19H,7-9,13-15H2,1-4H3/t16-,17-,18+,19-/m1/s1. The van der Waals surface area contributed by atoms with Crippen LogP contribution in [0.4, 0.5) is 19.1 Å². The van der Waals surface area contributed by atoms with E-state index in [0.29, 0.717) is 55.6 Å². The van der Waals surface area contributed by atoms with Gasteiger partial charge in [-0.15, -0.1) is 0 Å². The Labute approximate surface area is 257 Å². The molecular weight excluding hydrogens is 599 g/mol. The minimum absolute atomic E-state index is 0.0465. The van der Waals surface area contributed by atoms with E-state index in [0.717, 1.165) is 17.7 Å². The summed E-state index contributed by atoms with van der Waals surface area (Å²) in [4.78, 5) is 42.1. The second kappa shape index (κ2) is 11.3. The summed E-state index contributed by atoms with van der Waals surface area (Å²) in [5, 5.41) is 4.29. The lowest BCUT2D eigenvalue weighted by Gasteiger charge is -2.37. The molecule has 2 aromatic heterocycles. The second-order valence-electron chi connectivity index (χ2n) is 11.8. The number of aromatic nitrogens is 4. The van der Waals surface area contributed by atoms with Crippen molar-refractivity contribution in [3.05, 3.63) is 69.3 Å². The fourth-order valence-corrected chi connectivity index (χ4v) is 6.46. The summed E-state index contributed by atoms with van der Waals surface area (Å²) < 4.78 is 47.7. The molecular formula is C30H33ClF3N7O3. The number of anilines is 1. The first-order valence-corrected chi connectivity index (χ1v) is 15.0. The number of ether oxygens (including phenoxy) is 1. The molecule has 234 valence electrons. The number of alkyl halides is 3. The molecule has 1 fully saturated rings. The van der Waals surface area contributed by atoms with E-state index in [2.05, 4.69) is 21.8 Å². The van der Waals surface area contributed by atoms with E-state index in [1.54, 1.807) is 22.0 Å². The van der Waals surface area contributed by atoms with Crippen molar-refractivity contribution in [2.45, 2.75) is 71.0 Å². The SMILES string of the molecule is C[C@@H]1Cc2nn3c(c2CN1C(=O)c1ccc(Cl)c(C(F)(F)F)c1)C(=O)N([C@H](C)c1cnc(N2CCOC[C@@H]2C)nc1)C[C@H]3C. The van der Waals surface area contributed by atoms with Gasteiger partial charge in [-0.3, -0.25) is 14.3 Å². The van der Waals surface area contributed by atoms with Gasteiger partial charge in [0.15, 0.2) is 0 Å². The second-order valence-corrected chi connectivity index (χ2v) is 12.2. The van der Waals surface area contributed by atoms with Crippen molar-refractivity contribution in [2.24, 2.45) is 0 Å². The highest BCUT2D eigenvalue weighted by Gasteiger charge is 2.41. The summed E-state index contributed by atoms with van der Waals surface area (Å²) >= 11 is 5.78. The molecule has 0 spiro atoms. The van der Waals surface area contributed by atoms with Gasteiger partial charge in [-0.25, -0.2) is 9.97 Å². The first kappa shape index (κ1) is 30.3. The van der Waals surface area contributed by atoms with Crippen LogP contribution in [0.3, 0.4) is 0 Å². The highest BCUT2D eigenvalue weighted by molar-refractivity contribution is 6.31. The highest BCUT2D eigenvalue weighted by atomic mass is 35.5. The number of hydrogen-bond donors (Lipinski definition) is 0. The predicted molar refractivity (Wildman–Crippen MR) is 156 cm³/mol. The van der Waals surface area contributed by atoms with E-state index in [9.17, 15) is 22.8 Å². The van der Waals surface area contributed by atoms with Crippen molar-refractivity contribution in [3.63, 3.8) is 0 Å². The molecule has 3 aromatic rings. The maximum Gasteiger partial charge on any atom is 0.417 e. The molecule has 0 radical (unpaired) electrons.